The Kier molecular flexibility index (Phi) is 5.23. The van der Waals surface area contributed by atoms with E-state index in [0.717, 1.165) is 24.4 Å². The molecular weight excluding hydrogens is 261 g/mol. The van der Waals surface area contributed by atoms with E-state index in [1.807, 2.05) is 7.05 Å². The Morgan fingerprint density at radius 2 is 2.11 bits per heavy atom. The average Bonchev–Trinajstić information content (AvgIpc) is 2.37. The molecule has 3 atom stereocenters. The van der Waals surface area contributed by atoms with Crippen LogP contribution in [0.3, 0.4) is 0 Å². The molecule has 3 unspecified atom stereocenters. The molecule has 2 rings (SSSR count). The summed E-state index contributed by atoms with van der Waals surface area (Å²) in [5, 5.41) is 3.98. The first-order chi connectivity index (χ1) is 9.10. The molecule has 1 nitrogen and oxygen atoms in total. The van der Waals surface area contributed by atoms with E-state index in [1.54, 1.807) is 12.1 Å². The first kappa shape index (κ1) is 14.8. The van der Waals surface area contributed by atoms with E-state index in [-0.39, 0.29) is 5.82 Å². The molecule has 106 valence electrons. The maximum absolute atomic E-state index is 13.4. The predicted octanol–water partition coefficient (Wildman–Crippen LogP) is 4.29. The van der Waals surface area contributed by atoms with Crippen LogP contribution in [0.1, 0.15) is 31.7 Å². The zero-order valence-electron chi connectivity index (χ0n) is 11.8. The van der Waals surface area contributed by atoms with Crippen LogP contribution in [0.4, 0.5) is 4.39 Å². The highest BCUT2D eigenvalue weighted by molar-refractivity contribution is 6.31. The SMILES string of the molecule is CNCC1CCC(C)CC1Cc1cc(F)ccc1Cl. The monoisotopic (exact) mass is 283 g/mol. The molecule has 1 aliphatic rings. The molecule has 0 heterocycles. The Hall–Kier alpha value is -0.600. The van der Waals surface area contributed by atoms with Crippen molar-refractivity contribution in [2.75, 3.05) is 13.6 Å². The highest BCUT2D eigenvalue weighted by Crippen LogP contribution is 2.36. The molecule has 0 amide bonds. The largest absolute Gasteiger partial charge is 0.319 e. The van der Waals surface area contributed by atoms with Crippen molar-refractivity contribution >= 4 is 11.6 Å². The van der Waals surface area contributed by atoms with Gasteiger partial charge < -0.3 is 5.32 Å². The second-order valence-corrected chi connectivity index (χ2v) is 6.34. The van der Waals surface area contributed by atoms with Crippen molar-refractivity contribution in [3.8, 4) is 0 Å². The fourth-order valence-corrected chi connectivity index (χ4v) is 3.52. The Labute approximate surface area is 120 Å². The molecule has 0 saturated heterocycles. The average molecular weight is 284 g/mol. The minimum absolute atomic E-state index is 0.187. The summed E-state index contributed by atoms with van der Waals surface area (Å²) in [7, 11) is 2.00. The van der Waals surface area contributed by atoms with Crippen molar-refractivity contribution in [3.05, 3.63) is 34.6 Å². The van der Waals surface area contributed by atoms with Gasteiger partial charge in [-0.05, 0) is 74.4 Å². The first-order valence-corrected chi connectivity index (χ1v) is 7.56. The fourth-order valence-electron chi connectivity index (χ4n) is 3.32. The van der Waals surface area contributed by atoms with E-state index in [9.17, 15) is 4.39 Å². The van der Waals surface area contributed by atoms with Gasteiger partial charge in [0.25, 0.3) is 0 Å². The van der Waals surface area contributed by atoms with Gasteiger partial charge in [-0.1, -0.05) is 24.9 Å². The zero-order chi connectivity index (χ0) is 13.8. The van der Waals surface area contributed by atoms with Gasteiger partial charge in [-0.3, -0.25) is 0 Å². The van der Waals surface area contributed by atoms with Crippen LogP contribution in [-0.2, 0) is 6.42 Å². The van der Waals surface area contributed by atoms with Crippen LogP contribution in [0.15, 0.2) is 18.2 Å². The topological polar surface area (TPSA) is 12.0 Å². The number of nitrogens with one attached hydrogen (secondary N) is 1. The summed E-state index contributed by atoms with van der Waals surface area (Å²) >= 11 is 6.19. The minimum Gasteiger partial charge on any atom is -0.319 e. The molecule has 1 aliphatic carbocycles. The summed E-state index contributed by atoms with van der Waals surface area (Å²) in [6.45, 7) is 3.36. The maximum Gasteiger partial charge on any atom is 0.123 e. The lowest BCUT2D eigenvalue weighted by Gasteiger charge is -2.35. The lowest BCUT2D eigenvalue weighted by atomic mass is 9.72. The maximum atomic E-state index is 13.4. The summed E-state index contributed by atoms with van der Waals surface area (Å²) in [6.07, 6.45) is 4.69. The molecule has 0 bridgehead atoms. The second-order valence-electron chi connectivity index (χ2n) is 5.94. The molecule has 1 N–H and O–H groups in total. The van der Waals surface area contributed by atoms with Gasteiger partial charge in [0.15, 0.2) is 0 Å². The number of hydrogen-bond acceptors (Lipinski definition) is 1. The summed E-state index contributed by atoms with van der Waals surface area (Å²) in [5.41, 5.74) is 0.960. The van der Waals surface area contributed by atoms with Crippen molar-refractivity contribution in [2.24, 2.45) is 17.8 Å². The Bertz CT molecular complexity index is 421. The fraction of sp³-hybridized carbons (Fsp3) is 0.625. The Morgan fingerprint density at radius 3 is 2.84 bits per heavy atom. The van der Waals surface area contributed by atoms with E-state index < -0.39 is 0 Å². The standard InChI is InChI=1S/C16H23ClFN/c1-11-3-4-12(10-19-2)13(7-11)8-14-9-15(18)5-6-16(14)17/h5-6,9,11-13,19H,3-4,7-8,10H2,1-2H3. The van der Waals surface area contributed by atoms with Gasteiger partial charge in [0, 0.05) is 5.02 Å². The Morgan fingerprint density at radius 1 is 1.32 bits per heavy atom. The molecule has 1 aromatic carbocycles. The van der Waals surface area contributed by atoms with Crippen LogP contribution in [-0.4, -0.2) is 13.6 Å². The highest BCUT2D eigenvalue weighted by atomic mass is 35.5. The van der Waals surface area contributed by atoms with E-state index in [2.05, 4.69) is 12.2 Å². The van der Waals surface area contributed by atoms with Gasteiger partial charge in [-0.25, -0.2) is 4.39 Å². The van der Waals surface area contributed by atoms with Crippen molar-refractivity contribution in [3.63, 3.8) is 0 Å². The molecular formula is C16H23ClFN. The summed E-state index contributed by atoms with van der Waals surface area (Å²) in [6, 6.07) is 4.70. The highest BCUT2D eigenvalue weighted by Gasteiger charge is 2.28. The van der Waals surface area contributed by atoms with Gasteiger partial charge >= 0.3 is 0 Å². The number of halogens is 2. The summed E-state index contributed by atoms with van der Waals surface area (Å²) < 4.78 is 13.4. The summed E-state index contributed by atoms with van der Waals surface area (Å²) in [4.78, 5) is 0. The molecule has 1 aromatic rings. The Balaban J connectivity index is 2.11. The van der Waals surface area contributed by atoms with E-state index in [4.69, 9.17) is 11.6 Å². The third-order valence-electron chi connectivity index (χ3n) is 4.36. The van der Waals surface area contributed by atoms with Gasteiger partial charge in [0.05, 0.1) is 0 Å². The number of hydrogen-bond donors (Lipinski definition) is 1. The third kappa shape index (κ3) is 3.93. The second kappa shape index (κ2) is 6.71. The van der Waals surface area contributed by atoms with E-state index in [1.165, 1.54) is 25.3 Å². The molecule has 1 fully saturated rings. The zero-order valence-corrected chi connectivity index (χ0v) is 12.5. The number of benzene rings is 1. The molecule has 0 aromatic heterocycles. The van der Waals surface area contributed by atoms with Crippen LogP contribution in [0.5, 0.6) is 0 Å². The lowest BCUT2D eigenvalue weighted by Crippen LogP contribution is -2.32. The van der Waals surface area contributed by atoms with Crippen LogP contribution in [0.25, 0.3) is 0 Å². The smallest absolute Gasteiger partial charge is 0.123 e. The van der Waals surface area contributed by atoms with Gasteiger partial charge in [-0.15, -0.1) is 0 Å². The van der Waals surface area contributed by atoms with Crippen molar-refractivity contribution in [1.29, 1.82) is 0 Å². The molecule has 0 spiro atoms. The van der Waals surface area contributed by atoms with Crippen LogP contribution in [0, 0.1) is 23.6 Å². The van der Waals surface area contributed by atoms with E-state index >= 15 is 0 Å². The van der Waals surface area contributed by atoms with Gasteiger partial charge in [-0.2, -0.15) is 0 Å². The third-order valence-corrected chi connectivity index (χ3v) is 4.73. The van der Waals surface area contributed by atoms with Crippen LogP contribution in [0.2, 0.25) is 5.02 Å². The van der Waals surface area contributed by atoms with Crippen LogP contribution >= 0.6 is 11.6 Å². The molecule has 0 aliphatic heterocycles. The molecule has 19 heavy (non-hydrogen) atoms. The normalized spacial score (nSPS) is 27.5. The quantitative estimate of drug-likeness (QED) is 0.869. The lowest BCUT2D eigenvalue weighted by molar-refractivity contribution is 0.186. The van der Waals surface area contributed by atoms with Gasteiger partial charge in [0.2, 0.25) is 0 Å². The first-order valence-electron chi connectivity index (χ1n) is 7.18. The van der Waals surface area contributed by atoms with Gasteiger partial charge in [0.1, 0.15) is 5.82 Å². The van der Waals surface area contributed by atoms with Crippen LogP contribution < -0.4 is 5.32 Å². The molecule has 3 heteroatoms. The van der Waals surface area contributed by atoms with Crippen molar-refractivity contribution < 1.29 is 4.39 Å². The summed E-state index contributed by atoms with van der Waals surface area (Å²) in [5.74, 6) is 1.87. The van der Waals surface area contributed by atoms with E-state index in [0.29, 0.717) is 16.9 Å². The molecule has 1 saturated carbocycles. The minimum atomic E-state index is -0.187. The van der Waals surface area contributed by atoms with Crippen molar-refractivity contribution in [1.82, 2.24) is 5.32 Å². The predicted molar refractivity (Wildman–Crippen MR) is 79.0 cm³/mol. The molecule has 0 radical (unpaired) electrons. The number of rotatable bonds is 4. The van der Waals surface area contributed by atoms with Crippen molar-refractivity contribution in [2.45, 2.75) is 32.6 Å².